The maximum Gasteiger partial charge on any atom is 0.306 e. The molecule has 84 valence electrons. The Balaban J connectivity index is 2.41. The fourth-order valence-corrected chi connectivity index (χ4v) is 1.80. The van der Waals surface area contributed by atoms with Gasteiger partial charge in [-0.25, -0.2) is 4.98 Å². The smallest absolute Gasteiger partial charge is 0.306 e. The molecule has 4 nitrogen and oxygen atoms in total. The molecule has 1 unspecified atom stereocenters. The molecule has 2 aromatic rings. The normalized spacial score (nSPS) is 12.9. The molecule has 0 spiro atoms. The fourth-order valence-electron chi connectivity index (χ4n) is 1.62. The first-order chi connectivity index (χ1) is 7.59. The van der Waals surface area contributed by atoms with Gasteiger partial charge in [-0.2, -0.15) is 0 Å². The third-order valence-electron chi connectivity index (χ3n) is 2.52. The van der Waals surface area contributed by atoms with E-state index in [-0.39, 0.29) is 0 Å². The van der Waals surface area contributed by atoms with E-state index >= 15 is 0 Å². The van der Waals surface area contributed by atoms with Crippen LogP contribution in [0.15, 0.2) is 24.5 Å². The van der Waals surface area contributed by atoms with Crippen molar-refractivity contribution in [1.29, 1.82) is 0 Å². The monoisotopic (exact) mass is 238 g/mol. The lowest BCUT2D eigenvalue weighted by atomic mass is 10.0. The van der Waals surface area contributed by atoms with Crippen LogP contribution in [0.25, 0.3) is 5.65 Å². The fraction of sp³-hybridized carbons (Fsp3) is 0.273. The standard InChI is InChI=1S/C11H11ClN2O2/c1-7(11(15)16)5-8-3-2-4-14-9(12)6-13-10(8)14/h2-4,6-7H,5H2,1H3,(H,15,16). The van der Waals surface area contributed by atoms with Crippen LogP contribution < -0.4 is 0 Å². The number of nitrogens with zero attached hydrogens (tertiary/aromatic N) is 2. The Morgan fingerprint density at radius 3 is 3.12 bits per heavy atom. The van der Waals surface area contributed by atoms with Crippen molar-refractivity contribution >= 4 is 23.2 Å². The van der Waals surface area contributed by atoms with Crippen LogP contribution in [0.2, 0.25) is 5.15 Å². The summed E-state index contributed by atoms with van der Waals surface area (Å²) >= 11 is 5.93. The summed E-state index contributed by atoms with van der Waals surface area (Å²) in [5, 5.41) is 9.39. The second kappa shape index (κ2) is 4.14. The zero-order chi connectivity index (χ0) is 11.7. The molecule has 0 amide bonds. The summed E-state index contributed by atoms with van der Waals surface area (Å²) in [5.74, 6) is -1.23. The maximum absolute atomic E-state index is 10.8. The number of hydrogen-bond acceptors (Lipinski definition) is 2. The van der Waals surface area contributed by atoms with Crippen LogP contribution in [0.4, 0.5) is 0 Å². The van der Waals surface area contributed by atoms with E-state index in [1.807, 2.05) is 12.1 Å². The number of rotatable bonds is 3. The minimum absolute atomic E-state index is 0.429. The molecule has 2 heterocycles. The molecule has 2 aromatic heterocycles. The van der Waals surface area contributed by atoms with Gasteiger partial charge in [0.05, 0.1) is 12.1 Å². The van der Waals surface area contributed by atoms with Gasteiger partial charge in [-0.1, -0.05) is 24.6 Å². The van der Waals surface area contributed by atoms with E-state index in [0.29, 0.717) is 11.6 Å². The number of carboxylic acids is 1. The van der Waals surface area contributed by atoms with Crippen LogP contribution in [0.3, 0.4) is 0 Å². The van der Waals surface area contributed by atoms with Gasteiger partial charge in [-0.15, -0.1) is 0 Å². The van der Waals surface area contributed by atoms with Gasteiger partial charge in [0.1, 0.15) is 10.8 Å². The van der Waals surface area contributed by atoms with Crippen LogP contribution in [-0.2, 0) is 11.2 Å². The van der Waals surface area contributed by atoms with E-state index < -0.39 is 11.9 Å². The Hall–Kier alpha value is -1.55. The zero-order valence-electron chi connectivity index (χ0n) is 8.72. The molecule has 0 saturated heterocycles. The highest BCUT2D eigenvalue weighted by atomic mass is 35.5. The van der Waals surface area contributed by atoms with Gasteiger partial charge in [0.2, 0.25) is 0 Å². The molecule has 0 aliphatic carbocycles. The lowest BCUT2D eigenvalue weighted by Crippen LogP contribution is -2.12. The van der Waals surface area contributed by atoms with Crippen molar-refractivity contribution in [3.63, 3.8) is 0 Å². The van der Waals surface area contributed by atoms with Crippen LogP contribution in [-0.4, -0.2) is 20.5 Å². The quantitative estimate of drug-likeness (QED) is 0.892. The first-order valence-electron chi connectivity index (χ1n) is 4.93. The third kappa shape index (κ3) is 1.88. The Morgan fingerprint density at radius 1 is 1.69 bits per heavy atom. The highest BCUT2D eigenvalue weighted by Crippen LogP contribution is 2.18. The summed E-state index contributed by atoms with van der Waals surface area (Å²) in [7, 11) is 0. The number of carboxylic acid groups (broad SMARTS) is 1. The van der Waals surface area contributed by atoms with Crippen molar-refractivity contribution in [3.8, 4) is 0 Å². The number of aliphatic carboxylic acids is 1. The highest BCUT2D eigenvalue weighted by molar-refractivity contribution is 6.29. The Bertz CT molecular complexity index is 536. The van der Waals surface area contributed by atoms with Crippen molar-refractivity contribution in [2.75, 3.05) is 0 Å². The molecule has 0 fully saturated rings. The SMILES string of the molecule is CC(Cc1cccn2c(Cl)cnc12)C(=O)O. The molecule has 5 heteroatoms. The number of carbonyl (C=O) groups is 1. The van der Waals surface area contributed by atoms with E-state index in [0.717, 1.165) is 11.2 Å². The molecule has 1 N–H and O–H groups in total. The Kier molecular flexibility index (Phi) is 2.83. The van der Waals surface area contributed by atoms with Gasteiger partial charge in [0.15, 0.2) is 0 Å². The predicted octanol–water partition coefficient (Wildman–Crippen LogP) is 2.25. The average molecular weight is 239 g/mol. The van der Waals surface area contributed by atoms with E-state index in [9.17, 15) is 4.79 Å². The second-order valence-electron chi connectivity index (χ2n) is 3.75. The van der Waals surface area contributed by atoms with Crippen molar-refractivity contribution in [2.45, 2.75) is 13.3 Å². The molecular weight excluding hydrogens is 228 g/mol. The summed E-state index contributed by atoms with van der Waals surface area (Å²) in [6.45, 7) is 1.68. The molecule has 0 radical (unpaired) electrons. The summed E-state index contributed by atoms with van der Waals surface area (Å²) in [4.78, 5) is 15.0. The molecule has 1 atom stereocenters. The second-order valence-corrected chi connectivity index (χ2v) is 4.14. The Morgan fingerprint density at radius 2 is 2.44 bits per heavy atom. The number of pyridine rings is 1. The molecular formula is C11H11ClN2O2. The van der Waals surface area contributed by atoms with E-state index in [1.165, 1.54) is 0 Å². The minimum Gasteiger partial charge on any atom is -0.481 e. The number of aromatic nitrogens is 2. The molecule has 0 bridgehead atoms. The number of imidazole rings is 1. The number of fused-ring (bicyclic) bond motifs is 1. The molecule has 16 heavy (non-hydrogen) atoms. The number of halogens is 1. The molecule has 0 saturated carbocycles. The van der Waals surface area contributed by atoms with Crippen molar-refractivity contribution in [1.82, 2.24) is 9.38 Å². The maximum atomic E-state index is 10.8. The van der Waals surface area contributed by atoms with Gasteiger partial charge >= 0.3 is 5.97 Å². The van der Waals surface area contributed by atoms with E-state index in [4.69, 9.17) is 16.7 Å². The lowest BCUT2D eigenvalue weighted by Gasteiger charge is -2.07. The summed E-state index contributed by atoms with van der Waals surface area (Å²) in [5.41, 5.74) is 1.62. The number of hydrogen-bond donors (Lipinski definition) is 1. The highest BCUT2D eigenvalue weighted by Gasteiger charge is 2.14. The van der Waals surface area contributed by atoms with Gasteiger partial charge < -0.3 is 5.11 Å². The predicted molar refractivity (Wildman–Crippen MR) is 60.7 cm³/mol. The van der Waals surface area contributed by atoms with Crippen LogP contribution in [0.5, 0.6) is 0 Å². The van der Waals surface area contributed by atoms with Crippen LogP contribution in [0.1, 0.15) is 12.5 Å². The first-order valence-corrected chi connectivity index (χ1v) is 5.30. The summed E-state index contributed by atoms with van der Waals surface area (Å²) in [6.07, 6.45) is 3.82. The molecule has 0 aliphatic heterocycles. The van der Waals surface area contributed by atoms with Crippen LogP contribution >= 0.6 is 11.6 Å². The van der Waals surface area contributed by atoms with Gasteiger partial charge in [0, 0.05) is 6.20 Å². The van der Waals surface area contributed by atoms with Gasteiger partial charge in [0.25, 0.3) is 0 Å². The molecule has 0 aromatic carbocycles. The van der Waals surface area contributed by atoms with Crippen molar-refractivity contribution in [2.24, 2.45) is 5.92 Å². The molecule has 0 aliphatic rings. The van der Waals surface area contributed by atoms with Crippen molar-refractivity contribution < 1.29 is 9.90 Å². The van der Waals surface area contributed by atoms with Crippen LogP contribution in [0, 0.1) is 5.92 Å². The largest absolute Gasteiger partial charge is 0.481 e. The minimum atomic E-state index is -0.806. The zero-order valence-corrected chi connectivity index (χ0v) is 9.48. The summed E-state index contributed by atoms with van der Waals surface area (Å²) < 4.78 is 1.74. The summed E-state index contributed by atoms with van der Waals surface area (Å²) in [6, 6.07) is 3.71. The topological polar surface area (TPSA) is 54.6 Å². The van der Waals surface area contributed by atoms with Crippen molar-refractivity contribution in [3.05, 3.63) is 35.2 Å². The lowest BCUT2D eigenvalue weighted by molar-refractivity contribution is -0.141. The van der Waals surface area contributed by atoms with E-state index in [2.05, 4.69) is 4.98 Å². The van der Waals surface area contributed by atoms with E-state index in [1.54, 1.807) is 23.7 Å². The third-order valence-corrected chi connectivity index (χ3v) is 2.80. The average Bonchev–Trinajstić information content (AvgIpc) is 2.62. The van der Waals surface area contributed by atoms with Gasteiger partial charge in [-0.3, -0.25) is 9.20 Å². The first kappa shape index (κ1) is 11.0. The Labute approximate surface area is 97.5 Å². The van der Waals surface area contributed by atoms with Gasteiger partial charge in [-0.05, 0) is 18.1 Å². The molecule has 2 rings (SSSR count).